The van der Waals surface area contributed by atoms with Gasteiger partial charge in [-0.1, -0.05) is 12.8 Å². The molecule has 2 aliphatic rings. The maximum atomic E-state index is 5.46. The molecule has 2 unspecified atom stereocenters. The predicted octanol–water partition coefficient (Wildman–Crippen LogP) is 1.33. The molecule has 1 N–H and O–H groups in total. The van der Waals surface area contributed by atoms with Crippen LogP contribution in [0.2, 0.25) is 0 Å². The topological polar surface area (TPSA) is 48.3 Å². The van der Waals surface area contributed by atoms with Crippen LogP contribution < -0.4 is 5.32 Å². The minimum atomic E-state index is -0.0646. The van der Waals surface area contributed by atoms with Crippen LogP contribution in [0.1, 0.15) is 31.7 Å². The molecule has 0 radical (unpaired) electrons. The largest absolute Gasteiger partial charge is 0.349 e. The van der Waals surface area contributed by atoms with Gasteiger partial charge in [0.1, 0.15) is 0 Å². The summed E-state index contributed by atoms with van der Waals surface area (Å²) in [6.45, 7) is 2.22. The van der Waals surface area contributed by atoms with E-state index in [0.717, 1.165) is 19.8 Å². The second-order valence-corrected chi connectivity index (χ2v) is 5.02. The molecular formula is C13H21N3O2. The summed E-state index contributed by atoms with van der Waals surface area (Å²) in [7, 11) is 0. The van der Waals surface area contributed by atoms with E-state index in [4.69, 9.17) is 9.47 Å². The minimum Gasteiger partial charge on any atom is -0.349 e. The first-order valence-corrected chi connectivity index (χ1v) is 6.89. The van der Waals surface area contributed by atoms with E-state index in [1.165, 1.54) is 25.7 Å². The fraction of sp³-hybridized carbons (Fsp3) is 0.769. The first kappa shape index (κ1) is 12.1. The molecule has 2 fully saturated rings. The molecule has 1 aromatic rings. The second kappa shape index (κ2) is 5.82. The van der Waals surface area contributed by atoms with E-state index in [2.05, 4.69) is 21.3 Å². The molecule has 3 rings (SSSR count). The molecule has 5 nitrogen and oxygen atoms in total. The first-order chi connectivity index (χ1) is 8.93. The average molecular weight is 251 g/mol. The third-order valence-electron chi connectivity index (χ3n) is 3.83. The summed E-state index contributed by atoms with van der Waals surface area (Å²) in [4.78, 5) is 0. The highest BCUT2D eigenvalue weighted by Crippen LogP contribution is 2.28. The van der Waals surface area contributed by atoms with Crippen LogP contribution in [-0.4, -0.2) is 41.9 Å². The Morgan fingerprint density at radius 2 is 2.06 bits per heavy atom. The second-order valence-electron chi connectivity index (χ2n) is 5.02. The van der Waals surface area contributed by atoms with Crippen molar-refractivity contribution in [1.82, 2.24) is 15.1 Å². The third kappa shape index (κ3) is 2.74. The molecule has 18 heavy (non-hydrogen) atoms. The number of nitrogens with one attached hydrogen (secondary N) is 1. The van der Waals surface area contributed by atoms with Crippen LogP contribution in [0.25, 0.3) is 0 Å². The van der Waals surface area contributed by atoms with Gasteiger partial charge >= 0.3 is 0 Å². The van der Waals surface area contributed by atoms with Crippen molar-refractivity contribution < 1.29 is 9.47 Å². The summed E-state index contributed by atoms with van der Waals surface area (Å²) in [6.07, 6.45) is 8.84. The van der Waals surface area contributed by atoms with Crippen molar-refractivity contribution in [3.63, 3.8) is 0 Å². The smallest absolute Gasteiger partial charge is 0.170 e. The number of nitrogens with zero attached hydrogens (tertiary/aromatic N) is 2. The molecule has 1 aliphatic carbocycles. The van der Waals surface area contributed by atoms with E-state index in [9.17, 15) is 0 Å². The lowest BCUT2D eigenvalue weighted by Crippen LogP contribution is -2.43. The van der Waals surface area contributed by atoms with Gasteiger partial charge in [0.05, 0.1) is 19.3 Å². The molecule has 1 saturated carbocycles. The maximum Gasteiger partial charge on any atom is 0.170 e. The van der Waals surface area contributed by atoms with Gasteiger partial charge in [0.15, 0.2) is 6.29 Å². The number of aromatic nitrogens is 2. The van der Waals surface area contributed by atoms with Gasteiger partial charge in [-0.3, -0.25) is 4.68 Å². The van der Waals surface area contributed by atoms with E-state index in [0.29, 0.717) is 12.1 Å². The zero-order valence-corrected chi connectivity index (χ0v) is 10.6. The zero-order valence-electron chi connectivity index (χ0n) is 10.6. The van der Waals surface area contributed by atoms with Crippen LogP contribution in [0.3, 0.4) is 0 Å². The molecule has 1 aliphatic heterocycles. The number of ether oxygens (including phenoxy) is 2. The van der Waals surface area contributed by atoms with Crippen LogP contribution in [0, 0.1) is 0 Å². The molecule has 2 atom stereocenters. The molecule has 0 bridgehead atoms. The fourth-order valence-electron chi connectivity index (χ4n) is 2.92. The van der Waals surface area contributed by atoms with Crippen molar-refractivity contribution in [2.24, 2.45) is 0 Å². The van der Waals surface area contributed by atoms with E-state index in [-0.39, 0.29) is 6.29 Å². The van der Waals surface area contributed by atoms with Crippen LogP contribution >= 0.6 is 0 Å². The number of hydrogen-bond donors (Lipinski definition) is 1. The van der Waals surface area contributed by atoms with Gasteiger partial charge < -0.3 is 14.8 Å². The van der Waals surface area contributed by atoms with Crippen molar-refractivity contribution in [2.45, 2.75) is 44.1 Å². The van der Waals surface area contributed by atoms with Crippen molar-refractivity contribution in [1.29, 1.82) is 0 Å². The Morgan fingerprint density at radius 1 is 1.22 bits per heavy atom. The molecule has 1 saturated heterocycles. The molecule has 1 aromatic heterocycles. The summed E-state index contributed by atoms with van der Waals surface area (Å²) >= 11 is 0. The number of rotatable bonds is 4. The van der Waals surface area contributed by atoms with Crippen molar-refractivity contribution >= 4 is 0 Å². The predicted molar refractivity (Wildman–Crippen MR) is 67.2 cm³/mol. The molecule has 0 amide bonds. The lowest BCUT2D eigenvalue weighted by molar-refractivity contribution is -0.0423. The van der Waals surface area contributed by atoms with Gasteiger partial charge in [-0.25, -0.2) is 0 Å². The quantitative estimate of drug-likeness (QED) is 0.877. The molecule has 0 spiro atoms. The molecule has 100 valence electrons. The summed E-state index contributed by atoms with van der Waals surface area (Å²) in [6, 6.07) is 2.94. The van der Waals surface area contributed by atoms with Gasteiger partial charge in [0.2, 0.25) is 0 Å². The maximum absolute atomic E-state index is 5.46. The van der Waals surface area contributed by atoms with Crippen molar-refractivity contribution in [2.75, 3.05) is 19.8 Å². The molecule has 2 heterocycles. The van der Waals surface area contributed by atoms with Crippen LogP contribution in [0.15, 0.2) is 18.5 Å². The van der Waals surface area contributed by atoms with Gasteiger partial charge in [0, 0.05) is 25.0 Å². The Balaban J connectivity index is 1.57. The SMILES string of the molecule is c1cnn(C2CCCCC2NCC2OCCO2)c1. The van der Waals surface area contributed by atoms with Gasteiger partial charge in [-0.05, 0) is 18.9 Å². The van der Waals surface area contributed by atoms with E-state index >= 15 is 0 Å². The monoisotopic (exact) mass is 251 g/mol. The van der Waals surface area contributed by atoms with Crippen LogP contribution in [-0.2, 0) is 9.47 Å². The fourth-order valence-corrected chi connectivity index (χ4v) is 2.92. The summed E-state index contributed by atoms with van der Waals surface area (Å²) < 4.78 is 13.0. The molecular weight excluding hydrogens is 230 g/mol. The van der Waals surface area contributed by atoms with E-state index in [1.807, 2.05) is 12.3 Å². The normalized spacial score (nSPS) is 29.8. The lowest BCUT2D eigenvalue weighted by atomic mass is 9.90. The van der Waals surface area contributed by atoms with E-state index < -0.39 is 0 Å². The van der Waals surface area contributed by atoms with Crippen LogP contribution in [0.4, 0.5) is 0 Å². The highest BCUT2D eigenvalue weighted by molar-refractivity contribution is 4.89. The summed E-state index contributed by atoms with van der Waals surface area (Å²) in [5.74, 6) is 0. The zero-order chi connectivity index (χ0) is 12.2. The molecule has 0 aromatic carbocycles. The first-order valence-electron chi connectivity index (χ1n) is 6.89. The highest BCUT2D eigenvalue weighted by atomic mass is 16.7. The average Bonchev–Trinajstić information content (AvgIpc) is 3.10. The van der Waals surface area contributed by atoms with Gasteiger partial charge in [-0.15, -0.1) is 0 Å². The van der Waals surface area contributed by atoms with Gasteiger partial charge in [0.25, 0.3) is 0 Å². The third-order valence-corrected chi connectivity index (χ3v) is 3.83. The standard InChI is InChI=1S/C13H21N3O2/c1-2-5-12(16-7-3-6-15-16)11(4-1)14-10-13-17-8-9-18-13/h3,6-7,11-14H,1-2,4-5,8-10H2. The Bertz CT molecular complexity index is 349. The Morgan fingerprint density at radius 3 is 2.83 bits per heavy atom. The Kier molecular flexibility index (Phi) is 3.93. The highest BCUT2D eigenvalue weighted by Gasteiger charge is 2.27. The van der Waals surface area contributed by atoms with Crippen LogP contribution in [0.5, 0.6) is 0 Å². The Labute approximate surface area is 107 Å². The molecule has 5 heteroatoms. The summed E-state index contributed by atoms with van der Waals surface area (Å²) in [5.41, 5.74) is 0. The van der Waals surface area contributed by atoms with Crippen molar-refractivity contribution in [3.05, 3.63) is 18.5 Å². The van der Waals surface area contributed by atoms with Gasteiger partial charge in [-0.2, -0.15) is 5.10 Å². The Hall–Kier alpha value is -0.910. The minimum absolute atomic E-state index is 0.0646. The lowest BCUT2D eigenvalue weighted by Gasteiger charge is -2.33. The van der Waals surface area contributed by atoms with E-state index in [1.54, 1.807) is 0 Å². The summed E-state index contributed by atoms with van der Waals surface area (Å²) in [5, 5.41) is 7.98. The van der Waals surface area contributed by atoms with Crippen molar-refractivity contribution in [3.8, 4) is 0 Å². The number of hydrogen-bond acceptors (Lipinski definition) is 4.